The topological polar surface area (TPSA) is 72.9 Å². The summed E-state index contributed by atoms with van der Waals surface area (Å²) in [6, 6.07) is 13.2. The lowest BCUT2D eigenvalue weighted by molar-refractivity contribution is 0.0600. The van der Waals surface area contributed by atoms with Gasteiger partial charge in [-0.05, 0) is 61.7 Å². The molecule has 1 fully saturated rings. The van der Waals surface area contributed by atoms with E-state index < -0.39 is 16.0 Å². The molecule has 0 aromatic heterocycles. The maximum absolute atomic E-state index is 13.1. The van der Waals surface area contributed by atoms with E-state index in [1.54, 1.807) is 0 Å². The van der Waals surface area contributed by atoms with E-state index in [4.69, 9.17) is 4.74 Å². The molecule has 3 rings (SSSR count). The number of carbonyl (C=O) groups excluding carboxylic acids is 1. The Morgan fingerprint density at radius 3 is 2.37 bits per heavy atom. The first-order valence-corrected chi connectivity index (χ1v) is 10.3. The molecule has 2 aromatic rings. The predicted octanol–water partition coefficient (Wildman–Crippen LogP) is 3.40. The minimum absolute atomic E-state index is 0.174. The van der Waals surface area contributed by atoms with E-state index in [0.29, 0.717) is 18.7 Å². The largest absolute Gasteiger partial charge is 0.494 e. The molecule has 0 bridgehead atoms. The number of benzene rings is 2. The van der Waals surface area contributed by atoms with Crippen molar-refractivity contribution in [3.8, 4) is 5.75 Å². The maximum Gasteiger partial charge on any atom is 0.337 e. The number of sulfonamides is 1. The van der Waals surface area contributed by atoms with Gasteiger partial charge in [-0.15, -0.1) is 0 Å². The van der Waals surface area contributed by atoms with Gasteiger partial charge in [0.05, 0.1) is 30.2 Å². The van der Waals surface area contributed by atoms with Crippen LogP contribution >= 0.6 is 0 Å². The van der Waals surface area contributed by atoms with Gasteiger partial charge < -0.3 is 9.47 Å². The van der Waals surface area contributed by atoms with Gasteiger partial charge in [-0.2, -0.15) is 4.31 Å². The Morgan fingerprint density at radius 2 is 1.78 bits per heavy atom. The summed E-state index contributed by atoms with van der Waals surface area (Å²) in [5.41, 5.74) is 1.27. The van der Waals surface area contributed by atoms with Crippen LogP contribution in [0.4, 0.5) is 0 Å². The quantitative estimate of drug-likeness (QED) is 0.708. The van der Waals surface area contributed by atoms with Gasteiger partial charge in [-0.1, -0.05) is 12.1 Å². The molecule has 1 aliphatic heterocycles. The van der Waals surface area contributed by atoms with Crippen molar-refractivity contribution in [2.75, 3.05) is 20.3 Å². The summed E-state index contributed by atoms with van der Waals surface area (Å²) in [4.78, 5) is 11.7. The Morgan fingerprint density at radius 1 is 1.11 bits per heavy atom. The average Bonchev–Trinajstić information content (AvgIpc) is 3.19. The van der Waals surface area contributed by atoms with Crippen LogP contribution in [0.25, 0.3) is 0 Å². The Bertz CT molecular complexity index is 891. The van der Waals surface area contributed by atoms with E-state index in [2.05, 4.69) is 4.74 Å². The van der Waals surface area contributed by atoms with Gasteiger partial charge in [0.2, 0.25) is 10.0 Å². The Kier molecular flexibility index (Phi) is 5.82. The SMILES string of the molecule is CCOc1ccc(C2CCCN2S(=O)(=O)c2ccc(C(=O)OC)cc2)cc1. The molecule has 1 heterocycles. The average molecular weight is 389 g/mol. The van der Waals surface area contributed by atoms with E-state index in [0.717, 1.165) is 24.2 Å². The van der Waals surface area contributed by atoms with Crippen LogP contribution in [0.3, 0.4) is 0 Å². The van der Waals surface area contributed by atoms with Crippen LogP contribution in [-0.2, 0) is 14.8 Å². The summed E-state index contributed by atoms with van der Waals surface area (Å²) >= 11 is 0. The van der Waals surface area contributed by atoms with Gasteiger partial charge in [0.1, 0.15) is 5.75 Å². The van der Waals surface area contributed by atoms with Crippen molar-refractivity contribution in [2.45, 2.75) is 30.7 Å². The van der Waals surface area contributed by atoms with Crippen molar-refractivity contribution in [3.05, 3.63) is 59.7 Å². The minimum atomic E-state index is -3.66. The Balaban J connectivity index is 1.85. The van der Waals surface area contributed by atoms with E-state index in [-0.39, 0.29) is 10.9 Å². The van der Waals surface area contributed by atoms with Crippen LogP contribution in [0.15, 0.2) is 53.4 Å². The van der Waals surface area contributed by atoms with Gasteiger partial charge in [0.15, 0.2) is 0 Å². The lowest BCUT2D eigenvalue weighted by Gasteiger charge is -2.24. The van der Waals surface area contributed by atoms with Crippen molar-refractivity contribution >= 4 is 16.0 Å². The molecule has 27 heavy (non-hydrogen) atoms. The van der Waals surface area contributed by atoms with Crippen LogP contribution < -0.4 is 4.74 Å². The fraction of sp³-hybridized carbons (Fsp3) is 0.350. The monoisotopic (exact) mass is 389 g/mol. The Hall–Kier alpha value is -2.38. The molecule has 0 saturated carbocycles. The second kappa shape index (κ2) is 8.10. The molecule has 144 valence electrons. The molecule has 1 unspecified atom stereocenters. The molecule has 6 nitrogen and oxygen atoms in total. The number of carbonyl (C=O) groups is 1. The zero-order valence-electron chi connectivity index (χ0n) is 15.4. The fourth-order valence-electron chi connectivity index (χ4n) is 3.33. The van der Waals surface area contributed by atoms with Crippen molar-refractivity contribution in [1.29, 1.82) is 0 Å². The molecule has 2 aromatic carbocycles. The van der Waals surface area contributed by atoms with Gasteiger partial charge in [0.25, 0.3) is 0 Å². The summed E-state index contributed by atoms with van der Waals surface area (Å²) in [5, 5.41) is 0. The highest BCUT2D eigenvalue weighted by atomic mass is 32.2. The number of methoxy groups -OCH3 is 1. The summed E-state index contributed by atoms with van der Waals surface area (Å²) < 4.78 is 37.9. The van der Waals surface area contributed by atoms with Crippen molar-refractivity contribution in [2.24, 2.45) is 0 Å². The highest BCUT2D eigenvalue weighted by Crippen LogP contribution is 2.37. The van der Waals surface area contributed by atoms with Crippen molar-refractivity contribution in [3.63, 3.8) is 0 Å². The molecule has 1 atom stereocenters. The second-order valence-corrected chi connectivity index (χ2v) is 8.18. The summed E-state index contributed by atoms with van der Waals surface area (Å²) in [7, 11) is -2.37. The first-order valence-electron chi connectivity index (χ1n) is 8.90. The number of hydrogen-bond acceptors (Lipinski definition) is 5. The molecule has 0 radical (unpaired) electrons. The van der Waals surface area contributed by atoms with Crippen molar-refractivity contribution in [1.82, 2.24) is 4.31 Å². The number of nitrogens with zero attached hydrogens (tertiary/aromatic N) is 1. The van der Waals surface area contributed by atoms with Gasteiger partial charge in [0, 0.05) is 6.54 Å². The summed E-state index contributed by atoms with van der Waals surface area (Å²) in [6.45, 7) is 2.98. The van der Waals surface area contributed by atoms with E-state index in [1.807, 2.05) is 31.2 Å². The number of ether oxygens (including phenoxy) is 2. The second-order valence-electron chi connectivity index (χ2n) is 6.29. The van der Waals surface area contributed by atoms with Gasteiger partial charge in [-0.3, -0.25) is 0 Å². The van der Waals surface area contributed by atoms with Crippen molar-refractivity contribution < 1.29 is 22.7 Å². The number of hydrogen-bond donors (Lipinski definition) is 0. The van der Waals surface area contributed by atoms with Crippen LogP contribution in [-0.4, -0.2) is 39.0 Å². The molecule has 0 spiro atoms. The fourth-order valence-corrected chi connectivity index (χ4v) is 5.01. The predicted molar refractivity (Wildman–Crippen MR) is 101 cm³/mol. The van der Waals surface area contributed by atoms with E-state index in [1.165, 1.54) is 35.7 Å². The molecule has 1 aliphatic rings. The van der Waals surface area contributed by atoms with Crippen LogP contribution in [0.5, 0.6) is 5.75 Å². The lowest BCUT2D eigenvalue weighted by Crippen LogP contribution is -2.30. The minimum Gasteiger partial charge on any atom is -0.494 e. The zero-order chi connectivity index (χ0) is 19.4. The smallest absolute Gasteiger partial charge is 0.337 e. The molecule has 1 saturated heterocycles. The molecule has 0 amide bonds. The van der Waals surface area contributed by atoms with Crippen LogP contribution in [0.1, 0.15) is 41.7 Å². The number of esters is 1. The molecule has 0 aliphatic carbocycles. The third-order valence-electron chi connectivity index (χ3n) is 4.66. The third-order valence-corrected chi connectivity index (χ3v) is 6.58. The highest BCUT2D eigenvalue weighted by Gasteiger charge is 2.36. The van der Waals surface area contributed by atoms with Crippen LogP contribution in [0, 0.1) is 0 Å². The van der Waals surface area contributed by atoms with Crippen LogP contribution in [0.2, 0.25) is 0 Å². The Labute approximate surface area is 159 Å². The molecular formula is C20H23NO5S. The first kappa shape index (κ1) is 19.4. The zero-order valence-corrected chi connectivity index (χ0v) is 16.2. The van der Waals surface area contributed by atoms with Gasteiger partial charge in [-0.25, -0.2) is 13.2 Å². The lowest BCUT2D eigenvalue weighted by atomic mass is 10.1. The van der Waals surface area contributed by atoms with E-state index in [9.17, 15) is 13.2 Å². The standard InChI is InChI=1S/C20H23NO5S/c1-3-26-17-10-6-15(7-11-17)19-5-4-14-21(19)27(23,24)18-12-8-16(9-13-18)20(22)25-2/h6-13,19H,3-5,14H2,1-2H3. The molecule has 7 heteroatoms. The third kappa shape index (κ3) is 3.99. The summed E-state index contributed by atoms with van der Waals surface area (Å²) in [5.74, 6) is 0.277. The molecule has 0 N–H and O–H groups in total. The maximum atomic E-state index is 13.1. The first-order chi connectivity index (χ1) is 13.0. The summed E-state index contributed by atoms with van der Waals surface area (Å²) in [6.07, 6.45) is 1.57. The highest BCUT2D eigenvalue weighted by molar-refractivity contribution is 7.89. The van der Waals surface area contributed by atoms with E-state index >= 15 is 0 Å². The number of rotatable bonds is 6. The molecular weight excluding hydrogens is 366 g/mol. The van der Waals surface area contributed by atoms with Gasteiger partial charge >= 0.3 is 5.97 Å². The normalized spacial score (nSPS) is 17.6.